The molecule has 0 radical (unpaired) electrons. The van der Waals surface area contributed by atoms with Gasteiger partial charge in [0.15, 0.2) is 0 Å². The summed E-state index contributed by atoms with van der Waals surface area (Å²) in [4.78, 5) is 22.2. The van der Waals surface area contributed by atoms with Gasteiger partial charge in [-0.2, -0.15) is 0 Å². The molecule has 1 N–H and O–H groups in total. The molecular formula is C18H14N4O4. The standard InChI is InChI=1S/C18H14N4O4/c23-16(10-9-14-7-4-8-15(11-14)22(24)25)19-18-21-20-17(26-18)12-13-5-2-1-3-6-13/h1-11H,12H2,(H,19,21,23). The smallest absolute Gasteiger partial charge is 0.322 e. The van der Waals surface area contributed by atoms with Crippen LogP contribution in [-0.4, -0.2) is 21.0 Å². The van der Waals surface area contributed by atoms with E-state index in [-0.39, 0.29) is 11.7 Å². The van der Waals surface area contributed by atoms with E-state index in [2.05, 4.69) is 15.5 Å². The van der Waals surface area contributed by atoms with Gasteiger partial charge in [0.05, 0.1) is 11.3 Å². The molecule has 0 saturated carbocycles. The number of non-ortho nitro benzene ring substituents is 1. The largest absolute Gasteiger partial charge is 0.407 e. The van der Waals surface area contributed by atoms with Crippen LogP contribution in [0.5, 0.6) is 0 Å². The number of aromatic nitrogens is 2. The van der Waals surface area contributed by atoms with Crippen molar-refractivity contribution in [1.29, 1.82) is 0 Å². The quantitative estimate of drug-likeness (QED) is 0.415. The van der Waals surface area contributed by atoms with Crippen molar-refractivity contribution in [2.24, 2.45) is 0 Å². The second kappa shape index (κ2) is 7.84. The van der Waals surface area contributed by atoms with Crippen molar-refractivity contribution in [3.63, 3.8) is 0 Å². The van der Waals surface area contributed by atoms with E-state index >= 15 is 0 Å². The number of carbonyl (C=O) groups is 1. The summed E-state index contributed by atoms with van der Waals surface area (Å²) < 4.78 is 5.38. The summed E-state index contributed by atoms with van der Waals surface area (Å²) in [5.74, 6) is -0.0967. The molecule has 0 saturated heterocycles. The third-order valence-corrected chi connectivity index (χ3v) is 3.40. The molecule has 0 unspecified atom stereocenters. The fourth-order valence-electron chi connectivity index (χ4n) is 2.21. The number of nitrogens with zero attached hydrogens (tertiary/aromatic N) is 3. The molecule has 26 heavy (non-hydrogen) atoms. The van der Waals surface area contributed by atoms with Crippen molar-refractivity contribution in [2.75, 3.05) is 5.32 Å². The Labute approximate surface area is 148 Å². The van der Waals surface area contributed by atoms with Gasteiger partial charge in [-0.25, -0.2) is 0 Å². The van der Waals surface area contributed by atoms with E-state index in [1.807, 2.05) is 30.3 Å². The van der Waals surface area contributed by atoms with E-state index in [1.54, 1.807) is 12.1 Å². The molecule has 130 valence electrons. The van der Waals surface area contributed by atoms with Gasteiger partial charge in [0.25, 0.3) is 11.6 Å². The lowest BCUT2D eigenvalue weighted by Crippen LogP contribution is -2.07. The molecule has 8 heteroatoms. The molecule has 0 aliphatic heterocycles. The fraction of sp³-hybridized carbons (Fsp3) is 0.0556. The van der Waals surface area contributed by atoms with E-state index in [1.165, 1.54) is 24.3 Å². The summed E-state index contributed by atoms with van der Waals surface area (Å²) in [5, 5.41) is 20.9. The van der Waals surface area contributed by atoms with Crippen LogP contribution in [-0.2, 0) is 11.2 Å². The predicted molar refractivity (Wildman–Crippen MR) is 94.3 cm³/mol. The minimum absolute atomic E-state index is 0.00961. The van der Waals surface area contributed by atoms with Gasteiger partial charge in [0.1, 0.15) is 0 Å². The zero-order valence-electron chi connectivity index (χ0n) is 13.5. The number of rotatable bonds is 6. The molecule has 3 aromatic rings. The lowest BCUT2D eigenvalue weighted by molar-refractivity contribution is -0.384. The average molecular weight is 350 g/mol. The SMILES string of the molecule is O=C(C=Cc1cccc([N+](=O)[O-])c1)Nc1nnc(Cc2ccccc2)o1. The van der Waals surface area contributed by atoms with E-state index in [4.69, 9.17) is 4.42 Å². The van der Waals surface area contributed by atoms with E-state index in [0.717, 1.165) is 5.56 Å². The first-order chi connectivity index (χ1) is 12.6. The Morgan fingerprint density at radius 3 is 2.73 bits per heavy atom. The monoisotopic (exact) mass is 350 g/mol. The Hall–Kier alpha value is -3.81. The molecule has 0 atom stereocenters. The van der Waals surface area contributed by atoms with Gasteiger partial charge < -0.3 is 4.42 Å². The first-order valence-electron chi connectivity index (χ1n) is 7.70. The van der Waals surface area contributed by atoms with Crippen molar-refractivity contribution in [3.05, 3.63) is 87.8 Å². The number of amides is 1. The molecule has 0 fully saturated rings. The molecule has 1 amide bonds. The van der Waals surface area contributed by atoms with Crippen LogP contribution in [0.4, 0.5) is 11.7 Å². The minimum atomic E-state index is -0.496. The third kappa shape index (κ3) is 4.60. The lowest BCUT2D eigenvalue weighted by atomic mass is 10.2. The van der Waals surface area contributed by atoms with Crippen LogP contribution >= 0.6 is 0 Å². The van der Waals surface area contributed by atoms with Gasteiger partial charge in [0, 0.05) is 18.2 Å². The molecule has 1 heterocycles. The molecule has 1 aromatic heterocycles. The lowest BCUT2D eigenvalue weighted by Gasteiger charge is -1.96. The molecule has 2 aromatic carbocycles. The van der Waals surface area contributed by atoms with Crippen molar-refractivity contribution in [1.82, 2.24) is 10.2 Å². The van der Waals surface area contributed by atoms with Crippen molar-refractivity contribution in [3.8, 4) is 0 Å². The Kier molecular flexibility index (Phi) is 5.14. The number of hydrogen-bond donors (Lipinski definition) is 1. The summed E-state index contributed by atoms with van der Waals surface area (Å²) in [6.45, 7) is 0. The molecule has 0 spiro atoms. The van der Waals surface area contributed by atoms with E-state index < -0.39 is 10.8 Å². The van der Waals surface area contributed by atoms with Crippen LogP contribution < -0.4 is 5.32 Å². The topological polar surface area (TPSA) is 111 Å². The van der Waals surface area contributed by atoms with Gasteiger partial charge in [-0.1, -0.05) is 47.6 Å². The van der Waals surface area contributed by atoms with Crippen LogP contribution in [0.15, 0.2) is 65.1 Å². The highest BCUT2D eigenvalue weighted by atomic mass is 16.6. The highest BCUT2D eigenvalue weighted by Gasteiger charge is 2.09. The molecule has 0 aliphatic rings. The Morgan fingerprint density at radius 1 is 1.15 bits per heavy atom. The number of nitro groups is 1. The number of hydrogen-bond acceptors (Lipinski definition) is 6. The van der Waals surface area contributed by atoms with Gasteiger partial charge in [-0.05, 0) is 17.2 Å². The minimum Gasteiger partial charge on any atom is -0.407 e. The molecular weight excluding hydrogens is 336 g/mol. The van der Waals surface area contributed by atoms with Crippen LogP contribution in [0.25, 0.3) is 6.08 Å². The second-order valence-corrected chi connectivity index (χ2v) is 5.34. The molecule has 3 rings (SSSR count). The Bertz CT molecular complexity index is 951. The zero-order valence-corrected chi connectivity index (χ0v) is 13.5. The highest BCUT2D eigenvalue weighted by molar-refractivity contribution is 6.00. The number of nitro benzene ring substituents is 1. The zero-order chi connectivity index (χ0) is 18.4. The number of nitrogens with one attached hydrogen (secondary N) is 1. The first kappa shape index (κ1) is 17.0. The van der Waals surface area contributed by atoms with Crippen molar-refractivity contribution >= 4 is 23.7 Å². The molecule has 0 bridgehead atoms. The summed E-state index contributed by atoms with van der Waals surface area (Å²) >= 11 is 0. The van der Waals surface area contributed by atoms with Crippen LogP contribution in [0.3, 0.4) is 0 Å². The first-order valence-corrected chi connectivity index (χ1v) is 7.70. The van der Waals surface area contributed by atoms with Gasteiger partial charge in [0.2, 0.25) is 5.89 Å². The average Bonchev–Trinajstić information content (AvgIpc) is 3.08. The van der Waals surface area contributed by atoms with Gasteiger partial charge >= 0.3 is 6.01 Å². The highest BCUT2D eigenvalue weighted by Crippen LogP contribution is 2.14. The van der Waals surface area contributed by atoms with E-state index in [0.29, 0.717) is 17.9 Å². The number of benzene rings is 2. The van der Waals surface area contributed by atoms with E-state index in [9.17, 15) is 14.9 Å². The second-order valence-electron chi connectivity index (χ2n) is 5.34. The van der Waals surface area contributed by atoms with Gasteiger partial charge in [-0.15, -0.1) is 5.10 Å². The maximum Gasteiger partial charge on any atom is 0.322 e. The number of anilines is 1. The maximum absolute atomic E-state index is 11.9. The summed E-state index contributed by atoms with van der Waals surface area (Å²) in [6, 6.07) is 15.5. The summed E-state index contributed by atoms with van der Waals surface area (Å²) in [5.41, 5.74) is 1.50. The summed E-state index contributed by atoms with van der Waals surface area (Å²) in [7, 11) is 0. The van der Waals surface area contributed by atoms with Gasteiger partial charge in [-0.3, -0.25) is 20.2 Å². The maximum atomic E-state index is 11.9. The Balaban J connectivity index is 1.60. The molecule has 8 nitrogen and oxygen atoms in total. The van der Waals surface area contributed by atoms with Crippen LogP contribution in [0.1, 0.15) is 17.0 Å². The predicted octanol–water partition coefficient (Wildman–Crippen LogP) is 3.22. The Morgan fingerprint density at radius 2 is 1.96 bits per heavy atom. The normalized spacial score (nSPS) is 10.8. The van der Waals surface area contributed by atoms with Crippen molar-refractivity contribution < 1.29 is 14.1 Å². The summed E-state index contributed by atoms with van der Waals surface area (Å²) in [6.07, 6.45) is 3.16. The fourth-order valence-corrected chi connectivity index (χ4v) is 2.21. The van der Waals surface area contributed by atoms with Crippen molar-refractivity contribution in [2.45, 2.75) is 6.42 Å². The number of carbonyl (C=O) groups excluding carboxylic acids is 1. The molecule has 0 aliphatic carbocycles. The third-order valence-electron chi connectivity index (χ3n) is 3.40. The van der Waals surface area contributed by atoms with Crippen LogP contribution in [0.2, 0.25) is 0 Å². The van der Waals surface area contributed by atoms with Crippen LogP contribution in [0, 0.1) is 10.1 Å².